The first-order valence-electron chi connectivity index (χ1n) is 12.1. The van der Waals surface area contributed by atoms with Gasteiger partial charge in [-0.2, -0.15) is 0 Å². The molecule has 0 spiro atoms. The van der Waals surface area contributed by atoms with Crippen molar-refractivity contribution in [2.45, 2.75) is 43.9 Å². The highest BCUT2D eigenvalue weighted by atomic mass is 32.2. The average Bonchev–Trinajstić information content (AvgIpc) is 3.25. The number of fused-ring (bicyclic) bond motifs is 1. The van der Waals surface area contributed by atoms with Gasteiger partial charge in [0.05, 0.1) is 24.5 Å². The first kappa shape index (κ1) is 27.4. The lowest BCUT2D eigenvalue weighted by Crippen LogP contribution is -2.33. The maximum absolute atomic E-state index is 13.1. The highest BCUT2D eigenvalue weighted by Gasteiger charge is 2.30. The lowest BCUT2D eigenvalue weighted by molar-refractivity contribution is -0.129. The minimum Gasteiger partial charge on any atom is -0.465 e. The van der Waals surface area contributed by atoms with Crippen LogP contribution < -0.4 is 10.6 Å². The minimum atomic E-state index is -0.508. The van der Waals surface area contributed by atoms with Crippen LogP contribution in [0, 0.1) is 6.92 Å². The van der Waals surface area contributed by atoms with E-state index in [9.17, 15) is 19.2 Å². The Kier molecular flexibility index (Phi) is 8.53. The predicted molar refractivity (Wildman–Crippen MR) is 150 cm³/mol. The molecule has 0 saturated heterocycles. The molecule has 2 N–H and O–H groups in total. The van der Waals surface area contributed by atoms with E-state index in [-0.39, 0.29) is 17.7 Å². The predicted octanol–water partition coefficient (Wildman–Crippen LogP) is 5.12. The van der Waals surface area contributed by atoms with Crippen molar-refractivity contribution in [3.05, 3.63) is 75.7 Å². The van der Waals surface area contributed by atoms with Crippen molar-refractivity contribution in [2.24, 2.45) is 0 Å². The van der Waals surface area contributed by atoms with Crippen molar-refractivity contribution in [1.29, 1.82) is 0 Å². The van der Waals surface area contributed by atoms with Crippen molar-refractivity contribution in [3.63, 3.8) is 0 Å². The Bertz CT molecular complexity index is 1400. The summed E-state index contributed by atoms with van der Waals surface area (Å²) < 4.78 is 4.99. The van der Waals surface area contributed by atoms with E-state index in [2.05, 4.69) is 10.6 Å². The zero-order valence-corrected chi connectivity index (χ0v) is 23.3. The monoisotopic (exact) mass is 551 g/mol. The van der Waals surface area contributed by atoms with E-state index < -0.39 is 11.2 Å². The van der Waals surface area contributed by atoms with E-state index in [4.69, 9.17) is 4.74 Å². The summed E-state index contributed by atoms with van der Waals surface area (Å²) in [5, 5.41) is 5.75. The second kappa shape index (κ2) is 11.8. The fraction of sp³-hybridized carbons (Fsp3) is 0.286. The van der Waals surface area contributed by atoms with E-state index in [1.54, 1.807) is 24.0 Å². The van der Waals surface area contributed by atoms with Crippen molar-refractivity contribution < 1.29 is 23.9 Å². The molecule has 4 rings (SSSR count). The highest BCUT2D eigenvalue weighted by molar-refractivity contribution is 8.00. The molecule has 0 aliphatic carbocycles. The maximum Gasteiger partial charge on any atom is 0.341 e. The molecular weight excluding hydrogens is 522 g/mol. The molecule has 1 atom stereocenters. The topological polar surface area (TPSA) is 105 Å². The quantitative estimate of drug-likeness (QED) is 0.312. The number of ether oxygens (including phenoxy) is 1. The molecule has 1 aromatic heterocycles. The van der Waals surface area contributed by atoms with E-state index in [1.165, 1.54) is 37.1 Å². The number of thioether (sulfide) groups is 1. The number of benzene rings is 2. The number of thiophene rings is 1. The molecule has 198 valence electrons. The summed E-state index contributed by atoms with van der Waals surface area (Å²) in [6, 6.07) is 14.7. The van der Waals surface area contributed by atoms with Crippen LogP contribution in [0.2, 0.25) is 0 Å². The van der Waals surface area contributed by atoms with Crippen LogP contribution >= 0.6 is 23.1 Å². The average molecular weight is 552 g/mol. The Balaban J connectivity index is 1.45. The summed E-state index contributed by atoms with van der Waals surface area (Å²) in [6.45, 7) is 6.14. The molecule has 3 amide bonds. The fourth-order valence-electron chi connectivity index (χ4n) is 4.19. The van der Waals surface area contributed by atoms with Crippen molar-refractivity contribution in [1.82, 2.24) is 4.90 Å². The zero-order valence-electron chi connectivity index (χ0n) is 21.6. The van der Waals surface area contributed by atoms with Gasteiger partial charge in [-0.3, -0.25) is 14.4 Å². The molecule has 3 aromatic rings. The SMILES string of the molecule is COC(=O)c1c(NC(=O)C(C)Sc2cccc(NC(=O)c3cccc(C)c3)c2)sc2c1CCN(C(C)=O)C2. The number of anilines is 2. The van der Waals surface area contributed by atoms with Crippen LogP contribution in [-0.2, 0) is 27.3 Å². The summed E-state index contributed by atoms with van der Waals surface area (Å²) in [4.78, 5) is 53.6. The van der Waals surface area contributed by atoms with E-state index in [0.717, 1.165) is 20.9 Å². The Morgan fingerprint density at radius 1 is 1.08 bits per heavy atom. The Labute approximate surface area is 229 Å². The largest absolute Gasteiger partial charge is 0.465 e. The Morgan fingerprint density at radius 3 is 2.55 bits per heavy atom. The van der Waals surface area contributed by atoms with Gasteiger partial charge in [-0.1, -0.05) is 23.8 Å². The second-order valence-corrected chi connectivity index (χ2v) is 11.5. The first-order valence-corrected chi connectivity index (χ1v) is 13.8. The Morgan fingerprint density at radius 2 is 1.84 bits per heavy atom. The lowest BCUT2D eigenvalue weighted by atomic mass is 10.0. The van der Waals surface area contributed by atoms with Crippen LogP contribution in [0.1, 0.15) is 50.6 Å². The van der Waals surface area contributed by atoms with Gasteiger partial charge < -0.3 is 20.3 Å². The molecule has 2 aromatic carbocycles. The number of carbonyl (C=O) groups excluding carboxylic acids is 4. The second-order valence-electron chi connectivity index (χ2n) is 8.99. The molecule has 8 nitrogen and oxygen atoms in total. The summed E-state index contributed by atoms with van der Waals surface area (Å²) in [7, 11) is 1.31. The number of hydrogen-bond acceptors (Lipinski definition) is 7. The number of hydrogen-bond donors (Lipinski definition) is 2. The van der Waals surface area contributed by atoms with Gasteiger partial charge in [0.25, 0.3) is 5.91 Å². The van der Waals surface area contributed by atoms with Gasteiger partial charge >= 0.3 is 5.97 Å². The number of rotatable bonds is 7. The molecule has 0 fully saturated rings. The van der Waals surface area contributed by atoms with Gasteiger partial charge in [0, 0.05) is 34.5 Å². The van der Waals surface area contributed by atoms with Crippen molar-refractivity contribution >= 4 is 57.5 Å². The molecule has 10 heteroatoms. The molecule has 0 bridgehead atoms. The minimum absolute atomic E-state index is 0.0309. The van der Waals surface area contributed by atoms with E-state index in [1.807, 2.05) is 43.3 Å². The summed E-state index contributed by atoms with van der Waals surface area (Å²) in [6.07, 6.45) is 0.525. The smallest absolute Gasteiger partial charge is 0.341 e. The maximum atomic E-state index is 13.1. The number of nitrogens with one attached hydrogen (secondary N) is 2. The van der Waals surface area contributed by atoms with Gasteiger partial charge in [0.1, 0.15) is 5.00 Å². The van der Waals surface area contributed by atoms with Gasteiger partial charge in [0.15, 0.2) is 0 Å². The third kappa shape index (κ3) is 6.25. The Hall–Kier alpha value is -3.63. The van der Waals surface area contributed by atoms with Crippen molar-refractivity contribution in [2.75, 3.05) is 24.3 Å². The van der Waals surface area contributed by atoms with Crippen LogP contribution in [0.3, 0.4) is 0 Å². The number of amides is 3. The van der Waals surface area contributed by atoms with Crippen LogP contribution in [0.5, 0.6) is 0 Å². The fourth-order valence-corrected chi connectivity index (χ4v) is 6.37. The third-order valence-corrected chi connectivity index (χ3v) is 8.41. The molecule has 1 unspecified atom stereocenters. The van der Waals surface area contributed by atoms with Crippen LogP contribution in [0.4, 0.5) is 10.7 Å². The molecule has 1 aliphatic heterocycles. The molecule has 0 saturated carbocycles. The summed E-state index contributed by atoms with van der Waals surface area (Å²) in [5.41, 5.74) is 3.39. The van der Waals surface area contributed by atoms with E-state index in [0.29, 0.717) is 41.3 Å². The van der Waals surface area contributed by atoms with Gasteiger partial charge in [-0.05, 0) is 56.2 Å². The van der Waals surface area contributed by atoms with Crippen LogP contribution in [-0.4, -0.2) is 47.5 Å². The summed E-state index contributed by atoms with van der Waals surface area (Å²) >= 11 is 2.65. The first-order chi connectivity index (χ1) is 18.2. The summed E-state index contributed by atoms with van der Waals surface area (Å²) in [5.74, 6) is -1.01. The molecular formula is C28H29N3O5S2. The third-order valence-electron chi connectivity index (χ3n) is 6.18. The van der Waals surface area contributed by atoms with Gasteiger partial charge in [-0.25, -0.2) is 4.79 Å². The normalized spacial score (nSPS) is 13.3. The number of methoxy groups -OCH3 is 1. The van der Waals surface area contributed by atoms with Gasteiger partial charge in [0.2, 0.25) is 11.8 Å². The zero-order chi connectivity index (χ0) is 27.4. The number of nitrogens with zero attached hydrogens (tertiary/aromatic N) is 1. The van der Waals surface area contributed by atoms with Crippen LogP contribution in [0.25, 0.3) is 0 Å². The standard InChI is InChI=1S/C28H29N3O5S2/c1-16-7-5-8-19(13-16)26(34)29-20-9-6-10-21(14-20)37-17(2)25(33)30-27-24(28(35)36-4)22-11-12-31(18(3)32)15-23(22)38-27/h5-10,13-14,17H,11-12,15H2,1-4H3,(H,29,34)(H,30,33). The molecule has 0 radical (unpaired) electrons. The van der Waals surface area contributed by atoms with Crippen LogP contribution in [0.15, 0.2) is 53.4 Å². The van der Waals surface area contributed by atoms with Crippen molar-refractivity contribution in [3.8, 4) is 0 Å². The molecule has 1 aliphatic rings. The highest BCUT2D eigenvalue weighted by Crippen LogP contribution is 2.38. The number of aryl methyl sites for hydroxylation is 1. The van der Waals surface area contributed by atoms with E-state index >= 15 is 0 Å². The van der Waals surface area contributed by atoms with Gasteiger partial charge in [-0.15, -0.1) is 23.1 Å². The molecule has 38 heavy (non-hydrogen) atoms. The lowest BCUT2D eigenvalue weighted by Gasteiger charge is -2.25. The molecule has 2 heterocycles. The number of carbonyl (C=O) groups is 4. The number of esters is 1.